The van der Waals surface area contributed by atoms with Crippen LogP contribution in [0.3, 0.4) is 0 Å². The Morgan fingerprint density at radius 2 is 1.87 bits per heavy atom. The van der Waals surface area contributed by atoms with Crippen molar-refractivity contribution in [2.24, 2.45) is 0 Å². The number of nitrogens with zero attached hydrogens (tertiary/aromatic N) is 2. The number of hydrogen-bond acceptors (Lipinski definition) is 5. The van der Waals surface area contributed by atoms with Gasteiger partial charge in [-0.2, -0.15) is 0 Å². The molecule has 1 aromatic heterocycles. The third kappa shape index (κ3) is 2.51. The molecule has 2 heterocycles. The molecule has 0 radical (unpaired) electrons. The monoisotopic (exact) mass is 331 g/mol. The molecule has 0 spiro atoms. The van der Waals surface area contributed by atoms with Gasteiger partial charge in [0.2, 0.25) is 0 Å². The van der Waals surface area contributed by atoms with Gasteiger partial charge in [0.25, 0.3) is 0 Å². The van der Waals surface area contributed by atoms with Gasteiger partial charge in [0, 0.05) is 11.5 Å². The van der Waals surface area contributed by atoms with Crippen LogP contribution in [0.25, 0.3) is 10.9 Å². The lowest BCUT2D eigenvalue weighted by atomic mass is 10.2. The Morgan fingerprint density at radius 1 is 1.09 bits per heavy atom. The van der Waals surface area contributed by atoms with E-state index in [9.17, 15) is 4.39 Å². The Bertz CT molecular complexity index is 904. The average molecular weight is 332 g/mol. The van der Waals surface area contributed by atoms with Crippen LogP contribution < -0.4 is 14.8 Å². The van der Waals surface area contributed by atoms with Gasteiger partial charge < -0.3 is 14.8 Å². The van der Waals surface area contributed by atoms with Crippen LogP contribution in [0, 0.1) is 5.82 Å². The van der Waals surface area contributed by atoms with Gasteiger partial charge in [0.05, 0.1) is 16.2 Å². The molecule has 0 amide bonds. The fourth-order valence-electron chi connectivity index (χ4n) is 2.42. The summed E-state index contributed by atoms with van der Waals surface area (Å²) >= 11 is 5.81. The fourth-order valence-corrected chi connectivity index (χ4v) is 2.59. The third-order valence-corrected chi connectivity index (χ3v) is 3.80. The molecule has 0 atom stereocenters. The van der Waals surface area contributed by atoms with E-state index in [1.165, 1.54) is 12.4 Å². The zero-order valence-electron chi connectivity index (χ0n) is 11.8. The van der Waals surface area contributed by atoms with Gasteiger partial charge in [0.1, 0.15) is 25.4 Å². The molecule has 0 saturated carbocycles. The van der Waals surface area contributed by atoms with Gasteiger partial charge in [-0.3, -0.25) is 0 Å². The van der Waals surface area contributed by atoms with E-state index in [1.807, 2.05) is 0 Å². The van der Waals surface area contributed by atoms with Crippen molar-refractivity contribution in [2.75, 3.05) is 18.5 Å². The summed E-state index contributed by atoms with van der Waals surface area (Å²) in [6.07, 6.45) is 1.41. The minimum atomic E-state index is -0.529. The highest BCUT2D eigenvalue weighted by Crippen LogP contribution is 2.36. The van der Waals surface area contributed by atoms with Gasteiger partial charge >= 0.3 is 0 Å². The molecule has 116 valence electrons. The first kappa shape index (κ1) is 14.0. The zero-order chi connectivity index (χ0) is 15.8. The quantitative estimate of drug-likeness (QED) is 0.771. The van der Waals surface area contributed by atoms with Crippen LogP contribution in [-0.2, 0) is 0 Å². The summed E-state index contributed by atoms with van der Waals surface area (Å²) < 4.78 is 25.2. The van der Waals surface area contributed by atoms with Gasteiger partial charge in [-0.1, -0.05) is 17.7 Å². The molecule has 5 nitrogen and oxygen atoms in total. The van der Waals surface area contributed by atoms with Crippen molar-refractivity contribution in [3.63, 3.8) is 0 Å². The molecule has 1 N–H and O–H groups in total. The second-order valence-electron chi connectivity index (χ2n) is 4.96. The van der Waals surface area contributed by atoms with E-state index < -0.39 is 5.82 Å². The van der Waals surface area contributed by atoms with Gasteiger partial charge in [-0.15, -0.1) is 0 Å². The Labute approximate surface area is 136 Å². The Kier molecular flexibility index (Phi) is 3.38. The molecular weight excluding hydrogens is 321 g/mol. The summed E-state index contributed by atoms with van der Waals surface area (Å²) in [6.45, 7) is 0.986. The average Bonchev–Trinajstić information content (AvgIpc) is 2.57. The van der Waals surface area contributed by atoms with E-state index in [1.54, 1.807) is 24.3 Å². The molecule has 0 bridgehead atoms. The van der Waals surface area contributed by atoms with Gasteiger partial charge in [0.15, 0.2) is 17.3 Å². The third-order valence-electron chi connectivity index (χ3n) is 3.50. The summed E-state index contributed by atoms with van der Waals surface area (Å²) in [4.78, 5) is 8.42. The number of rotatable bonds is 2. The van der Waals surface area contributed by atoms with Crippen LogP contribution >= 0.6 is 11.6 Å². The lowest BCUT2D eigenvalue weighted by Gasteiger charge is -2.19. The van der Waals surface area contributed by atoms with Crippen LogP contribution in [0.4, 0.5) is 15.9 Å². The molecule has 7 heteroatoms. The highest BCUT2D eigenvalue weighted by molar-refractivity contribution is 6.31. The second-order valence-corrected chi connectivity index (χ2v) is 5.37. The van der Waals surface area contributed by atoms with E-state index >= 15 is 0 Å². The van der Waals surface area contributed by atoms with E-state index in [0.717, 1.165) is 0 Å². The first-order valence-electron chi connectivity index (χ1n) is 6.98. The van der Waals surface area contributed by atoms with E-state index in [0.29, 0.717) is 41.4 Å². The molecule has 0 fully saturated rings. The molecule has 0 saturated heterocycles. The Hall–Kier alpha value is -2.60. The molecule has 0 unspecified atom stereocenters. The maximum atomic E-state index is 14.1. The van der Waals surface area contributed by atoms with Gasteiger partial charge in [-0.25, -0.2) is 14.4 Å². The van der Waals surface area contributed by atoms with Crippen LogP contribution in [0.2, 0.25) is 5.02 Å². The number of fused-ring (bicyclic) bond motifs is 2. The predicted octanol–water partition coefficient (Wildman–Crippen LogP) is 3.94. The summed E-state index contributed by atoms with van der Waals surface area (Å²) in [5, 5.41) is 3.70. The number of aromatic nitrogens is 2. The summed E-state index contributed by atoms with van der Waals surface area (Å²) in [7, 11) is 0. The molecular formula is C16H11ClFN3O2. The highest BCUT2D eigenvalue weighted by Gasteiger charge is 2.16. The SMILES string of the molecule is Fc1c(Cl)cccc1Nc1ncnc2cc3c(cc12)OCCO3. The number of nitrogens with one attached hydrogen (secondary N) is 1. The zero-order valence-corrected chi connectivity index (χ0v) is 12.6. The Balaban J connectivity index is 1.82. The first-order chi connectivity index (χ1) is 11.2. The van der Waals surface area contributed by atoms with Crippen LogP contribution in [0.1, 0.15) is 0 Å². The number of halogens is 2. The molecule has 4 rings (SSSR count). The predicted molar refractivity (Wildman–Crippen MR) is 85.2 cm³/mol. The van der Waals surface area contributed by atoms with Crippen LogP contribution in [0.5, 0.6) is 11.5 Å². The number of ether oxygens (including phenoxy) is 2. The second kappa shape index (κ2) is 5.55. The number of anilines is 2. The van der Waals surface area contributed by atoms with E-state index in [4.69, 9.17) is 21.1 Å². The van der Waals surface area contributed by atoms with E-state index in [-0.39, 0.29) is 10.7 Å². The lowest BCUT2D eigenvalue weighted by molar-refractivity contribution is 0.172. The fraction of sp³-hybridized carbons (Fsp3) is 0.125. The van der Waals surface area contributed by atoms with E-state index in [2.05, 4.69) is 15.3 Å². The summed E-state index contributed by atoms with van der Waals surface area (Å²) in [6, 6.07) is 8.31. The smallest absolute Gasteiger partial charge is 0.165 e. The van der Waals surface area contributed by atoms with Crippen LogP contribution in [0.15, 0.2) is 36.7 Å². The normalized spacial score (nSPS) is 13.1. The van der Waals surface area contributed by atoms with Crippen molar-refractivity contribution in [1.29, 1.82) is 0 Å². The van der Waals surface area contributed by atoms with Crippen molar-refractivity contribution < 1.29 is 13.9 Å². The maximum Gasteiger partial charge on any atom is 0.165 e. The molecule has 1 aliphatic rings. The molecule has 3 aromatic rings. The number of hydrogen-bond donors (Lipinski definition) is 1. The van der Waals surface area contributed by atoms with Gasteiger partial charge in [-0.05, 0) is 18.2 Å². The van der Waals surface area contributed by atoms with Crippen molar-refractivity contribution in [2.45, 2.75) is 0 Å². The van der Waals surface area contributed by atoms with Crippen molar-refractivity contribution >= 4 is 34.0 Å². The van der Waals surface area contributed by atoms with Crippen molar-refractivity contribution in [3.8, 4) is 11.5 Å². The largest absolute Gasteiger partial charge is 0.486 e. The molecule has 23 heavy (non-hydrogen) atoms. The number of benzene rings is 2. The summed E-state index contributed by atoms with van der Waals surface area (Å²) in [5.41, 5.74) is 0.918. The lowest BCUT2D eigenvalue weighted by Crippen LogP contribution is -2.15. The standard InChI is InChI=1S/C16H11ClFN3O2/c17-10-2-1-3-11(15(10)18)21-16-9-6-13-14(23-5-4-22-13)7-12(9)19-8-20-16/h1-3,6-8H,4-5H2,(H,19,20,21). The molecule has 2 aromatic carbocycles. The minimum Gasteiger partial charge on any atom is -0.486 e. The molecule has 1 aliphatic heterocycles. The van der Waals surface area contributed by atoms with Crippen molar-refractivity contribution in [1.82, 2.24) is 9.97 Å². The topological polar surface area (TPSA) is 56.3 Å². The molecule has 0 aliphatic carbocycles. The minimum absolute atomic E-state index is 0.0440. The highest BCUT2D eigenvalue weighted by atomic mass is 35.5. The maximum absolute atomic E-state index is 14.1. The summed E-state index contributed by atoms with van der Waals surface area (Å²) in [5.74, 6) is 1.20. The van der Waals surface area contributed by atoms with Crippen LogP contribution in [-0.4, -0.2) is 23.2 Å². The first-order valence-corrected chi connectivity index (χ1v) is 7.35. The Morgan fingerprint density at radius 3 is 2.70 bits per heavy atom. The van der Waals surface area contributed by atoms with Crippen molar-refractivity contribution in [3.05, 3.63) is 47.5 Å².